The highest BCUT2D eigenvalue weighted by Crippen LogP contribution is 2.05. The van der Waals surface area contributed by atoms with Crippen LogP contribution in [0.25, 0.3) is 0 Å². The van der Waals surface area contributed by atoms with Crippen LogP contribution in [0.2, 0.25) is 0 Å². The lowest BCUT2D eigenvalue weighted by atomic mass is 10.2. The largest absolute Gasteiger partial charge is 0.355 e. The van der Waals surface area contributed by atoms with E-state index in [0.29, 0.717) is 17.7 Å². The molecule has 1 aromatic heterocycles. The summed E-state index contributed by atoms with van der Waals surface area (Å²) in [6.07, 6.45) is 3.01. The number of nitrogens with zero attached hydrogens (tertiary/aromatic N) is 2. The predicted molar refractivity (Wildman–Crippen MR) is 75.8 cm³/mol. The van der Waals surface area contributed by atoms with Crippen LogP contribution >= 0.6 is 0 Å². The zero-order valence-electron chi connectivity index (χ0n) is 11.6. The normalized spacial score (nSPS) is 9.35. The van der Waals surface area contributed by atoms with Crippen molar-refractivity contribution in [2.45, 2.75) is 6.92 Å². The molecule has 6 heteroatoms. The quantitative estimate of drug-likeness (QED) is 0.731. The molecule has 0 saturated carbocycles. The van der Waals surface area contributed by atoms with Crippen molar-refractivity contribution >= 4 is 11.8 Å². The molecule has 2 amide bonds. The maximum atomic E-state index is 12.1. The number of hydrogen-bond acceptors (Lipinski definition) is 4. The van der Waals surface area contributed by atoms with Gasteiger partial charge in [-0.2, -0.15) is 0 Å². The van der Waals surface area contributed by atoms with Gasteiger partial charge in [0.25, 0.3) is 5.91 Å². The molecule has 0 saturated heterocycles. The van der Waals surface area contributed by atoms with Crippen LogP contribution in [0.1, 0.15) is 22.8 Å². The van der Waals surface area contributed by atoms with Gasteiger partial charge < -0.3 is 16.0 Å². The van der Waals surface area contributed by atoms with Crippen molar-refractivity contribution in [1.29, 1.82) is 0 Å². The van der Waals surface area contributed by atoms with Crippen LogP contribution in [0.5, 0.6) is 0 Å². The van der Waals surface area contributed by atoms with E-state index in [1.807, 2.05) is 6.92 Å². The Morgan fingerprint density at radius 3 is 2.85 bits per heavy atom. The van der Waals surface area contributed by atoms with E-state index in [1.165, 1.54) is 11.1 Å². The van der Waals surface area contributed by atoms with Gasteiger partial charge in [0.1, 0.15) is 0 Å². The minimum absolute atomic E-state index is 0.00534. The fourth-order valence-electron chi connectivity index (χ4n) is 1.54. The first-order valence-corrected chi connectivity index (χ1v) is 6.24. The Kier molecular flexibility index (Phi) is 6.20. The third kappa shape index (κ3) is 4.71. The first-order chi connectivity index (χ1) is 9.58. The van der Waals surface area contributed by atoms with E-state index in [2.05, 4.69) is 22.1 Å². The zero-order valence-corrected chi connectivity index (χ0v) is 11.6. The van der Waals surface area contributed by atoms with Crippen molar-refractivity contribution in [3.05, 3.63) is 29.6 Å². The molecule has 0 spiro atoms. The first-order valence-electron chi connectivity index (χ1n) is 6.24. The number of amides is 2. The molecule has 0 aliphatic rings. The fraction of sp³-hybridized carbons (Fsp3) is 0.357. The molecule has 6 nitrogen and oxygen atoms in total. The molecule has 20 heavy (non-hydrogen) atoms. The van der Waals surface area contributed by atoms with Crippen LogP contribution in [0, 0.1) is 11.8 Å². The standard InChI is InChI=1S/C14H18N4O2/c1-3-17-13(19)10-18(2)14(20)12-7-11(5-4-6-15)8-16-9-12/h7-9H,3,6,10,15H2,1-2H3,(H,17,19). The highest BCUT2D eigenvalue weighted by molar-refractivity contribution is 5.96. The summed E-state index contributed by atoms with van der Waals surface area (Å²) in [5, 5.41) is 2.64. The van der Waals surface area contributed by atoms with E-state index in [-0.39, 0.29) is 24.9 Å². The van der Waals surface area contributed by atoms with Crippen molar-refractivity contribution in [2.75, 3.05) is 26.7 Å². The van der Waals surface area contributed by atoms with Crippen LogP contribution < -0.4 is 11.1 Å². The number of nitrogens with two attached hydrogens (primary N) is 1. The molecular weight excluding hydrogens is 256 g/mol. The number of carbonyl (C=O) groups excluding carboxylic acids is 2. The lowest BCUT2D eigenvalue weighted by Gasteiger charge is -2.16. The summed E-state index contributed by atoms with van der Waals surface area (Å²) in [5.74, 6) is 5.03. The Hall–Kier alpha value is -2.39. The molecule has 1 rings (SSSR count). The zero-order chi connectivity index (χ0) is 15.0. The number of aromatic nitrogens is 1. The number of pyridine rings is 1. The van der Waals surface area contributed by atoms with E-state index < -0.39 is 0 Å². The second-order valence-corrected chi connectivity index (χ2v) is 4.08. The molecule has 0 radical (unpaired) electrons. The van der Waals surface area contributed by atoms with Crippen molar-refractivity contribution in [3.8, 4) is 11.8 Å². The highest BCUT2D eigenvalue weighted by atomic mass is 16.2. The summed E-state index contributed by atoms with van der Waals surface area (Å²) < 4.78 is 0. The van der Waals surface area contributed by atoms with Crippen molar-refractivity contribution in [2.24, 2.45) is 5.73 Å². The van der Waals surface area contributed by atoms with Crippen LogP contribution in [0.15, 0.2) is 18.5 Å². The van der Waals surface area contributed by atoms with Gasteiger partial charge in [-0.3, -0.25) is 14.6 Å². The number of likely N-dealkylation sites (N-methyl/N-ethyl adjacent to an activating group) is 2. The Morgan fingerprint density at radius 1 is 1.45 bits per heavy atom. The van der Waals surface area contributed by atoms with E-state index in [4.69, 9.17) is 5.73 Å². The maximum absolute atomic E-state index is 12.1. The highest BCUT2D eigenvalue weighted by Gasteiger charge is 2.15. The van der Waals surface area contributed by atoms with Crippen LogP contribution in [-0.4, -0.2) is 48.4 Å². The molecule has 0 unspecified atom stereocenters. The van der Waals surface area contributed by atoms with Crippen LogP contribution in [0.4, 0.5) is 0 Å². The molecule has 3 N–H and O–H groups in total. The van der Waals surface area contributed by atoms with Gasteiger partial charge in [-0.1, -0.05) is 11.8 Å². The van der Waals surface area contributed by atoms with Gasteiger partial charge in [-0.25, -0.2) is 0 Å². The van der Waals surface area contributed by atoms with E-state index in [9.17, 15) is 9.59 Å². The lowest BCUT2D eigenvalue weighted by molar-refractivity contribution is -0.121. The monoisotopic (exact) mass is 274 g/mol. The summed E-state index contributed by atoms with van der Waals surface area (Å²) in [6.45, 7) is 2.61. The minimum Gasteiger partial charge on any atom is -0.355 e. The second-order valence-electron chi connectivity index (χ2n) is 4.08. The SMILES string of the molecule is CCNC(=O)CN(C)C(=O)c1cncc(C#CCN)c1. The molecule has 0 aliphatic carbocycles. The molecule has 0 aliphatic heterocycles. The van der Waals surface area contributed by atoms with E-state index in [0.717, 1.165) is 0 Å². The Bertz CT molecular complexity index is 546. The molecule has 0 aromatic carbocycles. The smallest absolute Gasteiger partial charge is 0.255 e. The number of nitrogens with one attached hydrogen (secondary N) is 1. The van der Waals surface area contributed by atoms with Crippen molar-refractivity contribution in [3.63, 3.8) is 0 Å². The molecule has 106 valence electrons. The Labute approximate surface area is 118 Å². The van der Waals surface area contributed by atoms with Crippen LogP contribution in [0.3, 0.4) is 0 Å². The third-order valence-corrected chi connectivity index (χ3v) is 2.42. The van der Waals surface area contributed by atoms with Gasteiger partial charge in [0.15, 0.2) is 0 Å². The molecular formula is C14H18N4O2. The third-order valence-electron chi connectivity index (χ3n) is 2.42. The topological polar surface area (TPSA) is 88.3 Å². The molecule has 0 bridgehead atoms. The van der Waals surface area contributed by atoms with Gasteiger partial charge in [0.05, 0.1) is 18.7 Å². The molecule has 0 fully saturated rings. The Morgan fingerprint density at radius 2 is 2.20 bits per heavy atom. The number of hydrogen-bond donors (Lipinski definition) is 2. The van der Waals surface area contributed by atoms with Crippen LogP contribution in [-0.2, 0) is 4.79 Å². The first kappa shape index (κ1) is 15.7. The summed E-state index contributed by atoms with van der Waals surface area (Å²) in [7, 11) is 1.57. The van der Waals surface area contributed by atoms with Gasteiger partial charge in [-0.15, -0.1) is 0 Å². The number of carbonyl (C=O) groups is 2. The van der Waals surface area contributed by atoms with Gasteiger partial charge in [0, 0.05) is 31.5 Å². The van der Waals surface area contributed by atoms with Crippen molar-refractivity contribution < 1.29 is 9.59 Å². The predicted octanol–water partition coefficient (Wildman–Crippen LogP) is -0.400. The average Bonchev–Trinajstić information content (AvgIpc) is 2.44. The molecule has 1 aromatic rings. The molecule has 1 heterocycles. The number of rotatable bonds is 4. The maximum Gasteiger partial charge on any atom is 0.255 e. The Balaban J connectivity index is 2.78. The summed E-state index contributed by atoms with van der Waals surface area (Å²) in [5.41, 5.74) is 6.30. The lowest BCUT2D eigenvalue weighted by Crippen LogP contribution is -2.38. The van der Waals surface area contributed by atoms with E-state index in [1.54, 1.807) is 19.3 Å². The summed E-state index contributed by atoms with van der Waals surface area (Å²) in [6, 6.07) is 1.63. The van der Waals surface area contributed by atoms with E-state index >= 15 is 0 Å². The van der Waals surface area contributed by atoms with Gasteiger partial charge in [0.2, 0.25) is 5.91 Å². The second kappa shape index (κ2) is 7.92. The molecule has 0 atom stereocenters. The van der Waals surface area contributed by atoms with Gasteiger partial charge in [-0.05, 0) is 13.0 Å². The average molecular weight is 274 g/mol. The van der Waals surface area contributed by atoms with Crippen molar-refractivity contribution in [1.82, 2.24) is 15.2 Å². The summed E-state index contributed by atoms with van der Waals surface area (Å²) in [4.78, 5) is 28.9. The van der Waals surface area contributed by atoms with Gasteiger partial charge >= 0.3 is 0 Å². The minimum atomic E-state index is -0.278. The fourth-order valence-corrected chi connectivity index (χ4v) is 1.54. The summed E-state index contributed by atoms with van der Waals surface area (Å²) >= 11 is 0.